The maximum absolute atomic E-state index is 14.1. The van der Waals surface area contributed by atoms with Crippen molar-refractivity contribution in [3.05, 3.63) is 35.9 Å². The molecule has 2 bridgehead atoms. The molecule has 0 aromatic heterocycles. The first-order chi connectivity index (χ1) is 17.0. The van der Waals surface area contributed by atoms with Gasteiger partial charge in [-0.2, -0.15) is 0 Å². The number of nitrogens with one attached hydrogen (secondary N) is 1. The molecule has 0 aliphatic carbocycles. The number of ether oxygens (including phenoxy) is 2. The zero-order valence-corrected chi connectivity index (χ0v) is 23.2. The van der Waals surface area contributed by atoms with Gasteiger partial charge in [-0.15, -0.1) is 0 Å². The first-order valence-electron chi connectivity index (χ1n) is 12.7. The van der Waals surface area contributed by atoms with Gasteiger partial charge in [-0.3, -0.25) is 23.5 Å². The van der Waals surface area contributed by atoms with Crippen LogP contribution in [0.1, 0.15) is 53.0 Å². The molecular formula is C26H41N2O7P. The van der Waals surface area contributed by atoms with Crippen LogP contribution < -0.4 is 5.09 Å². The number of ketones is 1. The highest BCUT2D eigenvalue weighted by atomic mass is 31.2. The molecular weight excluding hydrogens is 483 g/mol. The van der Waals surface area contributed by atoms with Gasteiger partial charge in [0.15, 0.2) is 5.78 Å². The van der Waals surface area contributed by atoms with E-state index < -0.39 is 31.4 Å². The number of Topliss-reactive ketones (excluding diaryl/α,β-unsaturated/α-hetero) is 1. The Labute approximate surface area is 214 Å². The SMILES string of the molecule is COC[C@@]1(COP(=O)(N[C@@H](Cc2ccccc2)C(=O)OC(C)C)OC(C)C)C(=O)[C@@H]2CCN1[C@@H](C)C2. The standard InChI is InChI=1S/C26H41N2O7P/c1-18(2)34-25(30)23(15-21-10-8-7-9-11-21)27-36(31,35-19(3)4)33-17-26(16-32-6)24(29)22-12-13-28(26)20(5)14-22/h7-11,18-20,22-23H,12-17H2,1-6H3,(H,27,31)/t20-,22+,23-,26+,36?/m0/s1. The van der Waals surface area contributed by atoms with Crippen LogP contribution in [0.2, 0.25) is 0 Å². The molecule has 202 valence electrons. The summed E-state index contributed by atoms with van der Waals surface area (Å²) >= 11 is 0. The van der Waals surface area contributed by atoms with Crippen molar-refractivity contribution in [2.24, 2.45) is 5.92 Å². The van der Waals surface area contributed by atoms with Gasteiger partial charge in [0.05, 0.1) is 25.4 Å². The number of methoxy groups -OCH3 is 1. The Hall–Kier alpha value is -1.61. The first kappa shape index (κ1) is 29.0. The van der Waals surface area contributed by atoms with E-state index >= 15 is 0 Å². The van der Waals surface area contributed by atoms with E-state index in [1.54, 1.807) is 34.8 Å². The predicted octanol–water partition coefficient (Wildman–Crippen LogP) is 3.76. The minimum Gasteiger partial charge on any atom is -0.462 e. The Morgan fingerprint density at radius 1 is 1.17 bits per heavy atom. The summed E-state index contributed by atoms with van der Waals surface area (Å²) < 4.78 is 36.7. The highest BCUT2D eigenvalue weighted by Gasteiger charge is 2.56. The van der Waals surface area contributed by atoms with Crippen LogP contribution in [0, 0.1) is 5.92 Å². The van der Waals surface area contributed by atoms with Gasteiger partial charge >= 0.3 is 13.7 Å². The van der Waals surface area contributed by atoms with E-state index in [1.807, 2.05) is 30.3 Å². The van der Waals surface area contributed by atoms with E-state index in [0.717, 1.165) is 24.9 Å². The molecule has 3 heterocycles. The number of piperidine rings is 3. The number of rotatable bonds is 13. The van der Waals surface area contributed by atoms with Crippen LogP contribution in [-0.4, -0.2) is 73.4 Å². The molecule has 3 aliphatic heterocycles. The van der Waals surface area contributed by atoms with Crippen LogP contribution in [-0.2, 0) is 39.1 Å². The van der Waals surface area contributed by atoms with Crippen LogP contribution in [0.15, 0.2) is 30.3 Å². The number of carbonyl (C=O) groups is 2. The van der Waals surface area contributed by atoms with E-state index in [1.165, 1.54) is 0 Å². The third kappa shape index (κ3) is 6.82. The van der Waals surface area contributed by atoms with Crippen molar-refractivity contribution in [1.82, 2.24) is 9.99 Å². The van der Waals surface area contributed by atoms with E-state index in [0.29, 0.717) is 0 Å². The number of carbonyl (C=O) groups excluding carboxylic acids is 2. The first-order valence-corrected chi connectivity index (χ1v) is 14.3. The number of hydrogen-bond acceptors (Lipinski definition) is 8. The van der Waals surface area contributed by atoms with Gasteiger partial charge in [-0.1, -0.05) is 30.3 Å². The lowest BCUT2D eigenvalue weighted by Crippen LogP contribution is -2.71. The quantitative estimate of drug-likeness (QED) is 0.305. The van der Waals surface area contributed by atoms with Crippen LogP contribution >= 0.6 is 7.75 Å². The lowest BCUT2D eigenvalue weighted by atomic mass is 9.71. The minimum atomic E-state index is -4.05. The van der Waals surface area contributed by atoms with Gasteiger partial charge in [0.25, 0.3) is 0 Å². The number of hydrogen-bond donors (Lipinski definition) is 1. The van der Waals surface area contributed by atoms with Crippen molar-refractivity contribution in [3.63, 3.8) is 0 Å². The molecule has 3 aliphatic rings. The predicted molar refractivity (Wildman–Crippen MR) is 137 cm³/mol. The maximum Gasteiger partial charge on any atom is 0.406 e. The van der Waals surface area contributed by atoms with Crippen LogP contribution in [0.5, 0.6) is 0 Å². The molecule has 0 spiro atoms. The second-order valence-electron chi connectivity index (χ2n) is 10.4. The summed E-state index contributed by atoms with van der Waals surface area (Å²) in [4.78, 5) is 28.5. The van der Waals surface area contributed by atoms with Gasteiger partial charge in [0, 0.05) is 25.6 Å². The monoisotopic (exact) mass is 524 g/mol. The van der Waals surface area contributed by atoms with Crippen molar-refractivity contribution in [2.45, 2.75) is 83.7 Å². The van der Waals surface area contributed by atoms with Crippen LogP contribution in [0.3, 0.4) is 0 Å². The van der Waals surface area contributed by atoms with E-state index in [9.17, 15) is 14.2 Å². The average Bonchev–Trinajstić information content (AvgIpc) is 2.80. The average molecular weight is 525 g/mol. The third-order valence-electron chi connectivity index (χ3n) is 6.69. The second-order valence-corrected chi connectivity index (χ2v) is 12.1. The molecule has 6 atom stereocenters. The topological polar surface area (TPSA) is 103 Å². The van der Waals surface area contributed by atoms with Crippen molar-refractivity contribution < 1.29 is 32.7 Å². The molecule has 0 saturated carbocycles. The third-order valence-corrected chi connectivity index (χ3v) is 8.49. The number of nitrogens with zero attached hydrogens (tertiary/aromatic N) is 1. The summed E-state index contributed by atoms with van der Waals surface area (Å²) in [7, 11) is -2.51. The largest absolute Gasteiger partial charge is 0.462 e. The van der Waals surface area contributed by atoms with Crippen molar-refractivity contribution in [2.75, 3.05) is 26.9 Å². The molecule has 3 fully saturated rings. The molecule has 1 N–H and O–H groups in total. The summed E-state index contributed by atoms with van der Waals surface area (Å²) in [5.74, 6) is -0.583. The number of fused-ring (bicyclic) bond motifs is 3. The summed E-state index contributed by atoms with van der Waals surface area (Å²) in [6.45, 7) is 9.76. The van der Waals surface area contributed by atoms with Crippen molar-refractivity contribution >= 4 is 19.5 Å². The number of benzene rings is 1. The lowest BCUT2D eigenvalue weighted by Gasteiger charge is -2.55. The molecule has 9 nitrogen and oxygen atoms in total. The fraction of sp³-hybridized carbons (Fsp3) is 0.692. The summed E-state index contributed by atoms with van der Waals surface area (Å²) in [6.07, 6.45) is 1.02. The zero-order valence-electron chi connectivity index (χ0n) is 22.3. The Morgan fingerprint density at radius 3 is 2.44 bits per heavy atom. The summed E-state index contributed by atoms with van der Waals surface area (Å²) in [6, 6.07) is 8.58. The Balaban J connectivity index is 1.87. The Morgan fingerprint density at radius 2 is 1.86 bits per heavy atom. The highest BCUT2D eigenvalue weighted by molar-refractivity contribution is 7.51. The summed E-state index contributed by atoms with van der Waals surface area (Å²) in [5.41, 5.74) is -0.192. The fourth-order valence-corrected chi connectivity index (χ4v) is 6.97. The molecule has 10 heteroatoms. The highest BCUT2D eigenvalue weighted by Crippen LogP contribution is 2.49. The molecule has 1 aromatic carbocycles. The minimum absolute atomic E-state index is 0.0462. The van der Waals surface area contributed by atoms with Gasteiger partial charge in [0.2, 0.25) is 0 Å². The normalized spacial score (nSPS) is 28.3. The summed E-state index contributed by atoms with van der Waals surface area (Å²) in [5, 5.41) is 2.85. The fourth-order valence-electron chi connectivity index (χ4n) is 5.26. The molecule has 4 rings (SSSR count). The van der Waals surface area contributed by atoms with Crippen molar-refractivity contribution in [1.29, 1.82) is 0 Å². The van der Waals surface area contributed by atoms with Crippen LogP contribution in [0.4, 0.5) is 0 Å². The Bertz CT molecular complexity index is 941. The molecule has 3 saturated heterocycles. The molecule has 1 aromatic rings. The van der Waals surface area contributed by atoms with Crippen LogP contribution in [0.25, 0.3) is 0 Å². The Kier molecular flexibility index (Phi) is 9.88. The van der Waals surface area contributed by atoms with E-state index in [-0.39, 0.29) is 43.5 Å². The smallest absolute Gasteiger partial charge is 0.406 e. The molecule has 2 unspecified atom stereocenters. The van der Waals surface area contributed by atoms with Crippen molar-refractivity contribution in [3.8, 4) is 0 Å². The van der Waals surface area contributed by atoms with Gasteiger partial charge < -0.3 is 9.47 Å². The second kappa shape index (κ2) is 12.3. The van der Waals surface area contributed by atoms with Gasteiger partial charge in [0.1, 0.15) is 11.6 Å². The molecule has 36 heavy (non-hydrogen) atoms. The van der Waals surface area contributed by atoms with E-state index in [4.69, 9.17) is 18.5 Å². The zero-order chi connectivity index (χ0) is 26.5. The maximum atomic E-state index is 14.1. The van der Waals surface area contributed by atoms with Gasteiger partial charge in [-0.25, -0.2) is 9.65 Å². The van der Waals surface area contributed by atoms with E-state index in [2.05, 4.69) is 16.9 Å². The van der Waals surface area contributed by atoms with Gasteiger partial charge in [-0.05, 0) is 59.4 Å². The molecule has 0 amide bonds. The number of esters is 1. The lowest BCUT2D eigenvalue weighted by molar-refractivity contribution is -0.164. The molecule has 0 radical (unpaired) electrons.